The van der Waals surface area contributed by atoms with E-state index in [-0.39, 0.29) is 0 Å². The van der Waals surface area contributed by atoms with Crippen LogP contribution in [0.15, 0.2) is 24.7 Å². The minimum absolute atomic E-state index is 0.706. The van der Waals surface area contributed by atoms with Crippen LogP contribution in [0.25, 0.3) is 5.52 Å². The van der Waals surface area contributed by atoms with Crippen LogP contribution in [0.3, 0.4) is 0 Å². The lowest BCUT2D eigenvalue weighted by atomic mass is 10.1. The Labute approximate surface area is 76.0 Å². The normalized spacial score (nSPS) is 10.5. The Kier molecular flexibility index (Phi) is 1.85. The summed E-state index contributed by atoms with van der Waals surface area (Å²) in [5.41, 5.74) is 2.72. The number of pyridine rings is 1. The van der Waals surface area contributed by atoms with Crippen LogP contribution in [0.5, 0.6) is 0 Å². The van der Waals surface area contributed by atoms with Gasteiger partial charge >= 0.3 is 0 Å². The van der Waals surface area contributed by atoms with Crippen LogP contribution < -0.4 is 0 Å². The molecule has 2 heterocycles. The molecule has 0 saturated carbocycles. The molecule has 0 spiro atoms. The lowest BCUT2D eigenvalue weighted by Crippen LogP contribution is -1.99. The van der Waals surface area contributed by atoms with Gasteiger partial charge in [0, 0.05) is 0 Å². The summed E-state index contributed by atoms with van der Waals surface area (Å²) >= 11 is 0. The van der Waals surface area contributed by atoms with E-state index < -0.39 is 0 Å². The lowest BCUT2D eigenvalue weighted by Gasteiger charge is -2.03. The Bertz CT molecular complexity index is 445. The zero-order chi connectivity index (χ0) is 9.26. The monoisotopic (exact) mass is 174 g/mol. The average Bonchev–Trinajstić information content (AvgIpc) is 2.63. The molecule has 66 valence electrons. The first kappa shape index (κ1) is 7.98. The molecule has 0 saturated heterocycles. The smallest absolute Gasteiger partial charge is 0.167 e. The number of carbonyl (C=O) groups is 1. The van der Waals surface area contributed by atoms with Crippen molar-refractivity contribution in [3.05, 3.63) is 35.9 Å². The third-order valence-corrected chi connectivity index (χ3v) is 2.20. The first-order valence-electron chi connectivity index (χ1n) is 4.26. The summed E-state index contributed by atoms with van der Waals surface area (Å²) in [6.45, 7) is 2.03. The number of hydrogen-bond donors (Lipinski definition) is 0. The molecule has 2 aromatic rings. The SMILES string of the molecule is CCc1ccc2cncn2c1C=O. The van der Waals surface area contributed by atoms with Crippen molar-refractivity contribution in [2.45, 2.75) is 13.3 Å². The standard InChI is InChI=1S/C10H10N2O/c1-2-8-3-4-9-5-11-7-12(9)10(8)6-13/h3-7H,2H2,1H3. The van der Waals surface area contributed by atoms with E-state index in [4.69, 9.17) is 0 Å². The quantitative estimate of drug-likeness (QED) is 0.649. The van der Waals surface area contributed by atoms with E-state index in [1.165, 1.54) is 0 Å². The van der Waals surface area contributed by atoms with Crippen LogP contribution in [0.1, 0.15) is 23.0 Å². The third-order valence-electron chi connectivity index (χ3n) is 2.20. The maximum Gasteiger partial charge on any atom is 0.167 e. The Morgan fingerprint density at radius 3 is 3.08 bits per heavy atom. The van der Waals surface area contributed by atoms with Crippen LogP contribution in [-0.4, -0.2) is 15.7 Å². The minimum atomic E-state index is 0.706. The highest BCUT2D eigenvalue weighted by atomic mass is 16.1. The molecule has 3 nitrogen and oxygen atoms in total. The van der Waals surface area contributed by atoms with Gasteiger partial charge in [-0.25, -0.2) is 4.98 Å². The highest BCUT2D eigenvalue weighted by Gasteiger charge is 2.04. The van der Waals surface area contributed by atoms with Gasteiger partial charge in [0.1, 0.15) is 0 Å². The van der Waals surface area contributed by atoms with Gasteiger partial charge < -0.3 is 0 Å². The van der Waals surface area contributed by atoms with Gasteiger partial charge in [0.05, 0.1) is 23.7 Å². The van der Waals surface area contributed by atoms with E-state index in [1.54, 1.807) is 12.5 Å². The topological polar surface area (TPSA) is 34.4 Å². The molecule has 0 unspecified atom stereocenters. The third kappa shape index (κ3) is 1.13. The summed E-state index contributed by atoms with van der Waals surface area (Å²) < 4.78 is 1.81. The van der Waals surface area contributed by atoms with Gasteiger partial charge in [0.2, 0.25) is 0 Å². The molecule has 13 heavy (non-hydrogen) atoms. The number of fused-ring (bicyclic) bond motifs is 1. The fraction of sp³-hybridized carbons (Fsp3) is 0.200. The number of aryl methyl sites for hydroxylation is 1. The predicted molar refractivity (Wildman–Crippen MR) is 50.0 cm³/mol. The largest absolute Gasteiger partial charge is 0.296 e. The summed E-state index contributed by atoms with van der Waals surface area (Å²) in [4.78, 5) is 14.8. The van der Waals surface area contributed by atoms with Crippen molar-refractivity contribution in [2.24, 2.45) is 0 Å². The fourth-order valence-corrected chi connectivity index (χ4v) is 1.49. The van der Waals surface area contributed by atoms with Crippen LogP contribution in [-0.2, 0) is 6.42 Å². The summed E-state index contributed by atoms with van der Waals surface area (Å²) in [5.74, 6) is 0. The Balaban J connectivity index is 2.81. The number of rotatable bonds is 2. The summed E-state index contributed by atoms with van der Waals surface area (Å²) in [7, 11) is 0. The highest BCUT2D eigenvalue weighted by Crippen LogP contribution is 2.11. The molecule has 0 bridgehead atoms. The van der Waals surface area contributed by atoms with E-state index in [0.717, 1.165) is 23.8 Å². The predicted octanol–water partition coefficient (Wildman–Crippen LogP) is 1.71. The molecule has 0 aliphatic rings. The zero-order valence-corrected chi connectivity index (χ0v) is 7.40. The van der Waals surface area contributed by atoms with Crippen molar-refractivity contribution in [3.8, 4) is 0 Å². The number of carbonyl (C=O) groups excluding carboxylic acids is 1. The molecule has 0 amide bonds. The summed E-state index contributed by atoms with van der Waals surface area (Å²) in [5, 5.41) is 0. The van der Waals surface area contributed by atoms with Crippen molar-refractivity contribution in [1.82, 2.24) is 9.38 Å². The molecule has 0 aliphatic heterocycles. The zero-order valence-electron chi connectivity index (χ0n) is 7.40. The first-order valence-corrected chi connectivity index (χ1v) is 4.26. The number of imidazole rings is 1. The van der Waals surface area contributed by atoms with Gasteiger partial charge in [-0.2, -0.15) is 0 Å². The van der Waals surface area contributed by atoms with Crippen molar-refractivity contribution in [3.63, 3.8) is 0 Å². The molecule has 0 fully saturated rings. The molecule has 0 radical (unpaired) electrons. The number of aldehydes is 1. The highest BCUT2D eigenvalue weighted by molar-refractivity contribution is 5.76. The Morgan fingerprint density at radius 1 is 1.54 bits per heavy atom. The Morgan fingerprint density at radius 2 is 2.38 bits per heavy atom. The van der Waals surface area contributed by atoms with Crippen molar-refractivity contribution >= 4 is 11.8 Å². The summed E-state index contributed by atoms with van der Waals surface area (Å²) in [6, 6.07) is 3.94. The number of aromatic nitrogens is 2. The van der Waals surface area contributed by atoms with Crippen molar-refractivity contribution in [2.75, 3.05) is 0 Å². The maximum atomic E-state index is 10.8. The van der Waals surface area contributed by atoms with Crippen LogP contribution in [0.4, 0.5) is 0 Å². The van der Waals surface area contributed by atoms with Crippen LogP contribution in [0.2, 0.25) is 0 Å². The minimum Gasteiger partial charge on any atom is -0.296 e. The Hall–Kier alpha value is -1.64. The second-order valence-electron chi connectivity index (χ2n) is 2.90. The second kappa shape index (κ2) is 3.01. The van der Waals surface area contributed by atoms with E-state index in [1.807, 2.05) is 23.5 Å². The fourth-order valence-electron chi connectivity index (χ4n) is 1.49. The second-order valence-corrected chi connectivity index (χ2v) is 2.90. The molecule has 0 aliphatic carbocycles. The molecule has 0 atom stereocenters. The molecule has 0 N–H and O–H groups in total. The molecule has 2 rings (SSSR count). The maximum absolute atomic E-state index is 10.8. The van der Waals surface area contributed by atoms with E-state index >= 15 is 0 Å². The molecule has 3 heteroatoms. The van der Waals surface area contributed by atoms with E-state index in [0.29, 0.717) is 5.69 Å². The molecular weight excluding hydrogens is 164 g/mol. The van der Waals surface area contributed by atoms with Crippen molar-refractivity contribution < 1.29 is 4.79 Å². The summed E-state index contributed by atoms with van der Waals surface area (Å²) in [6.07, 6.45) is 5.15. The van der Waals surface area contributed by atoms with E-state index in [9.17, 15) is 4.79 Å². The molecule has 0 aromatic carbocycles. The van der Waals surface area contributed by atoms with Gasteiger partial charge in [-0.05, 0) is 18.1 Å². The van der Waals surface area contributed by atoms with E-state index in [2.05, 4.69) is 4.98 Å². The van der Waals surface area contributed by atoms with Gasteiger partial charge in [-0.15, -0.1) is 0 Å². The number of hydrogen-bond acceptors (Lipinski definition) is 2. The molecule has 2 aromatic heterocycles. The van der Waals surface area contributed by atoms with Crippen molar-refractivity contribution in [1.29, 1.82) is 0 Å². The van der Waals surface area contributed by atoms with Crippen LogP contribution in [0, 0.1) is 0 Å². The first-order chi connectivity index (χ1) is 6.36. The van der Waals surface area contributed by atoms with Gasteiger partial charge in [-0.3, -0.25) is 9.20 Å². The van der Waals surface area contributed by atoms with Crippen LogP contribution >= 0.6 is 0 Å². The van der Waals surface area contributed by atoms with Gasteiger partial charge in [0.25, 0.3) is 0 Å². The number of nitrogens with zero attached hydrogens (tertiary/aromatic N) is 2. The molecular formula is C10H10N2O. The average molecular weight is 174 g/mol. The van der Waals surface area contributed by atoms with Gasteiger partial charge in [-0.1, -0.05) is 13.0 Å². The van der Waals surface area contributed by atoms with Gasteiger partial charge in [0.15, 0.2) is 6.29 Å². The lowest BCUT2D eigenvalue weighted by molar-refractivity contribution is 0.111.